The van der Waals surface area contributed by atoms with Gasteiger partial charge in [0.1, 0.15) is 0 Å². The van der Waals surface area contributed by atoms with Crippen LogP contribution in [0.4, 0.5) is 5.69 Å². The molecule has 5 heteroatoms. The van der Waals surface area contributed by atoms with Crippen LogP contribution in [0.5, 0.6) is 0 Å². The molecule has 1 aliphatic heterocycles. The zero-order valence-electron chi connectivity index (χ0n) is 12.8. The number of benzene rings is 1. The van der Waals surface area contributed by atoms with Gasteiger partial charge >= 0.3 is 0 Å². The third-order valence-electron chi connectivity index (χ3n) is 3.48. The quantitative estimate of drug-likeness (QED) is 0.777. The molecule has 116 valence electrons. The van der Waals surface area contributed by atoms with Crippen molar-refractivity contribution in [3.8, 4) is 0 Å². The van der Waals surface area contributed by atoms with Crippen molar-refractivity contribution in [3.63, 3.8) is 0 Å². The van der Waals surface area contributed by atoms with Crippen LogP contribution in [0.1, 0.15) is 23.2 Å². The molecule has 1 heterocycles. The van der Waals surface area contributed by atoms with Gasteiger partial charge in [-0.2, -0.15) is 0 Å². The fourth-order valence-corrected chi connectivity index (χ4v) is 2.25. The van der Waals surface area contributed by atoms with Crippen LogP contribution in [0.25, 0.3) is 0 Å². The predicted molar refractivity (Wildman–Crippen MR) is 82.9 cm³/mol. The SMILES string of the molecule is CN(C)c1cccc(C(=O)NCCOC[C@@H]2CCCO2)c1. The highest BCUT2D eigenvalue weighted by Crippen LogP contribution is 2.13. The number of rotatable bonds is 7. The zero-order valence-corrected chi connectivity index (χ0v) is 12.8. The van der Waals surface area contributed by atoms with Crippen molar-refractivity contribution in [3.05, 3.63) is 29.8 Å². The Morgan fingerprint density at radius 1 is 1.48 bits per heavy atom. The summed E-state index contributed by atoms with van der Waals surface area (Å²) in [6, 6.07) is 7.55. The van der Waals surface area contributed by atoms with E-state index in [1.54, 1.807) is 0 Å². The van der Waals surface area contributed by atoms with Gasteiger partial charge in [0.15, 0.2) is 0 Å². The highest BCUT2D eigenvalue weighted by molar-refractivity contribution is 5.95. The molecule has 1 aromatic rings. The highest BCUT2D eigenvalue weighted by Gasteiger charge is 2.15. The maximum Gasteiger partial charge on any atom is 0.251 e. The molecule has 0 radical (unpaired) electrons. The first-order valence-electron chi connectivity index (χ1n) is 7.42. The fourth-order valence-electron chi connectivity index (χ4n) is 2.25. The summed E-state index contributed by atoms with van der Waals surface area (Å²) in [5.74, 6) is -0.0700. The number of hydrogen-bond donors (Lipinski definition) is 1. The van der Waals surface area contributed by atoms with Crippen LogP contribution in [0, 0.1) is 0 Å². The van der Waals surface area contributed by atoms with Crippen molar-refractivity contribution in [2.45, 2.75) is 18.9 Å². The van der Waals surface area contributed by atoms with Crippen LogP contribution in [-0.2, 0) is 9.47 Å². The molecule has 21 heavy (non-hydrogen) atoms. The lowest BCUT2D eigenvalue weighted by molar-refractivity contribution is 0.0183. The Balaban J connectivity index is 1.68. The predicted octanol–water partition coefficient (Wildman–Crippen LogP) is 1.68. The number of anilines is 1. The lowest BCUT2D eigenvalue weighted by Crippen LogP contribution is -2.28. The number of ether oxygens (including phenoxy) is 2. The minimum Gasteiger partial charge on any atom is -0.378 e. The van der Waals surface area contributed by atoms with Crippen molar-refractivity contribution in [1.29, 1.82) is 0 Å². The Labute approximate surface area is 126 Å². The monoisotopic (exact) mass is 292 g/mol. The average Bonchev–Trinajstić information content (AvgIpc) is 3.00. The van der Waals surface area contributed by atoms with E-state index in [1.807, 2.05) is 43.3 Å². The number of carbonyl (C=O) groups excluding carboxylic acids is 1. The molecule has 1 saturated heterocycles. The van der Waals surface area contributed by atoms with Gasteiger partial charge in [-0.25, -0.2) is 0 Å². The van der Waals surface area contributed by atoms with Gasteiger partial charge in [0.2, 0.25) is 0 Å². The van der Waals surface area contributed by atoms with E-state index in [-0.39, 0.29) is 12.0 Å². The minimum atomic E-state index is -0.0700. The number of nitrogens with one attached hydrogen (secondary N) is 1. The molecular formula is C16H24N2O3. The second kappa shape index (κ2) is 8.00. The van der Waals surface area contributed by atoms with Crippen molar-refractivity contribution in [1.82, 2.24) is 5.32 Å². The molecule has 1 atom stereocenters. The first-order valence-corrected chi connectivity index (χ1v) is 7.42. The molecule has 1 aromatic carbocycles. The Morgan fingerprint density at radius 2 is 2.33 bits per heavy atom. The molecule has 1 aliphatic rings. The van der Waals surface area contributed by atoms with Crippen LogP contribution in [0.3, 0.4) is 0 Å². The smallest absolute Gasteiger partial charge is 0.251 e. The zero-order chi connectivity index (χ0) is 15.1. The molecule has 1 N–H and O–H groups in total. The van der Waals surface area contributed by atoms with E-state index in [0.717, 1.165) is 25.1 Å². The van der Waals surface area contributed by atoms with Crippen molar-refractivity contribution < 1.29 is 14.3 Å². The summed E-state index contributed by atoms with van der Waals surface area (Å²) in [5, 5.41) is 2.87. The summed E-state index contributed by atoms with van der Waals surface area (Å²) in [7, 11) is 3.91. The van der Waals surface area contributed by atoms with E-state index in [0.29, 0.717) is 25.3 Å². The van der Waals surface area contributed by atoms with Crippen molar-refractivity contribution in [2.75, 3.05) is 45.4 Å². The molecule has 1 fully saturated rings. The van der Waals surface area contributed by atoms with Gasteiger partial charge in [-0.05, 0) is 31.0 Å². The number of carbonyl (C=O) groups is 1. The van der Waals surface area contributed by atoms with E-state index >= 15 is 0 Å². The fraction of sp³-hybridized carbons (Fsp3) is 0.562. The van der Waals surface area contributed by atoms with Gasteiger partial charge < -0.3 is 19.7 Å². The van der Waals surface area contributed by atoms with Gasteiger partial charge in [0.25, 0.3) is 5.91 Å². The largest absolute Gasteiger partial charge is 0.378 e. The topological polar surface area (TPSA) is 50.8 Å². The first kappa shape index (κ1) is 15.8. The van der Waals surface area contributed by atoms with E-state index in [1.165, 1.54) is 0 Å². The van der Waals surface area contributed by atoms with Crippen LogP contribution in [-0.4, -0.2) is 52.5 Å². The lowest BCUT2D eigenvalue weighted by atomic mass is 10.2. The molecule has 0 unspecified atom stereocenters. The molecule has 0 saturated carbocycles. The average molecular weight is 292 g/mol. The van der Waals surface area contributed by atoms with Crippen LogP contribution < -0.4 is 10.2 Å². The Bertz CT molecular complexity index is 457. The maximum atomic E-state index is 12.0. The van der Waals surface area contributed by atoms with E-state index in [2.05, 4.69) is 5.32 Å². The molecule has 5 nitrogen and oxygen atoms in total. The van der Waals surface area contributed by atoms with Crippen LogP contribution in [0.15, 0.2) is 24.3 Å². The number of amides is 1. The van der Waals surface area contributed by atoms with E-state index in [4.69, 9.17) is 9.47 Å². The second-order valence-corrected chi connectivity index (χ2v) is 5.41. The molecular weight excluding hydrogens is 268 g/mol. The van der Waals surface area contributed by atoms with Crippen LogP contribution in [0.2, 0.25) is 0 Å². The van der Waals surface area contributed by atoms with Crippen molar-refractivity contribution >= 4 is 11.6 Å². The molecule has 0 bridgehead atoms. The highest BCUT2D eigenvalue weighted by atomic mass is 16.5. The third-order valence-corrected chi connectivity index (χ3v) is 3.48. The normalized spacial score (nSPS) is 17.7. The third kappa shape index (κ3) is 5.02. The van der Waals surface area contributed by atoms with Gasteiger partial charge in [-0.3, -0.25) is 4.79 Å². The van der Waals surface area contributed by atoms with E-state index in [9.17, 15) is 4.79 Å². The minimum absolute atomic E-state index is 0.0700. The molecule has 0 aliphatic carbocycles. The first-order chi connectivity index (χ1) is 10.2. The summed E-state index contributed by atoms with van der Waals surface area (Å²) in [6.45, 7) is 2.48. The maximum absolute atomic E-state index is 12.0. The molecule has 1 amide bonds. The number of nitrogens with zero attached hydrogens (tertiary/aromatic N) is 1. The van der Waals surface area contributed by atoms with Gasteiger partial charge in [-0.1, -0.05) is 6.07 Å². The summed E-state index contributed by atoms with van der Waals surface area (Å²) < 4.78 is 11.0. The summed E-state index contributed by atoms with van der Waals surface area (Å²) in [4.78, 5) is 14.0. The van der Waals surface area contributed by atoms with Crippen molar-refractivity contribution in [2.24, 2.45) is 0 Å². The Kier molecular flexibility index (Phi) is 6.02. The van der Waals surface area contributed by atoms with E-state index < -0.39 is 0 Å². The van der Waals surface area contributed by atoms with Gasteiger partial charge in [0.05, 0.1) is 19.3 Å². The van der Waals surface area contributed by atoms with Crippen LogP contribution >= 0.6 is 0 Å². The summed E-state index contributed by atoms with van der Waals surface area (Å²) in [5.41, 5.74) is 1.68. The molecule has 0 aromatic heterocycles. The van der Waals surface area contributed by atoms with Gasteiger partial charge in [0, 0.05) is 38.5 Å². The summed E-state index contributed by atoms with van der Waals surface area (Å²) in [6.07, 6.45) is 2.42. The molecule has 2 rings (SSSR count). The Hall–Kier alpha value is -1.59. The lowest BCUT2D eigenvalue weighted by Gasteiger charge is -2.14. The standard InChI is InChI=1S/C16H24N2O3/c1-18(2)14-6-3-5-13(11-14)16(19)17-8-10-20-12-15-7-4-9-21-15/h3,5-6,11,15H,4,7-10,12H2,1-2H3,(H,17,19)/t15-/m0/s1. The number of hydrogen-bond acceptors (Lipinski definition) is 4. The van der Waals surface area contributed by atoms with Gasteiger partial charge in [-0.15, -0.1) is 0 Å². The Morgan fingerprint density at radius 3 is 3.05 bits per heavy atom. The summed E-state index contributed by atoms with van der Waals surface area (Å²) >= 11 is 0. The molecule has 0 spiro atoms. The second-order valence-electron chi connectivity index (χ2n) is 5.41.